The summed E-state index contributed by atoms with van der Waals surface area (Å²) in [4.78, 5) is 14.8. The zero-order chi connectivity index (χ0) is 21.3. The number of aromatic hydroxyl groups is 2. The molecule has 0 aliphatic carbocycles. The smallest absolute Gasteiger partial charge is 0.236 e. The number of phenols is 2. The first-order chi connectivity index (χ1) is 13.8. The van der Waals surface area contributed by atoms with Gasteiger partial charge in [-0.05, 0) is 47.7 Å². The van der Waals surface area contributed by atoms with Crippen molar-refractivity contribution in [1.29, 1.82) is 0 Å². The molecule has 0 bridgehead atoms. The zero-order valence-electron chi connectivity index (χ0n) is 17.5. The van der Waals surface area contributed by atoms with E-state index in [9.17, 15) is 15.0 Å². The maximum absolute atomic E-state index is 12.7. The van der Waals surface area contributed by atoms with Crippen LogP contribution < -0.4 is 15.0 Å². The van der Waals surface area contributed by atoms with Crippen molar-refractivity contribution < 1.29 is 19.7 Å². The van der Waals surface area contributed by atoms with Crippen LogP contribution in [0.4, 0.5) is 5.69 Å². The van der Waals surface area contributed by atoms with E-state index in [-0.39, 0.29) is 23.3 Å². The predicted molar refractivity (Wildman–Crippen MR) is 115 cm³/mol. The molecule has 1 atom stereocenters. The molecular weight excluding hydrogens is 368 g/mol. The fourth-order valence-corrected chi connectivity index (χ4v) is 3.66. The molecule has 1 amide bonds. The van der Waals surface area contributed by atoms with Gasteiger partial charge in [0.25, 0.3) is 0 Å². The van der Waals surface area contributed by atoms with Crippen molar-refractivity contribution in [3.05, 3.63) is 53.2 Å². The monoisotopic (exact) mass is 396 g/mol. The number of anilines is 1. The molecule has 1 heterocycles. The van der Waals surface area contributed by atoms with Gasteiger partial charge in [0, 0.05) is 31.4 Å². The molecule has 2 aromatic rings. The first kappa shape index (κ1) is 20.6. The molecule has 6 heteroatoms. The van der Waals surface area contributed by atoms with Crippen LogP contribution in [0.15, 0.2) is 36.5 Å². The van der Waals surface area contributed by atoms with Gasteiger partial charge >= 0.3 is 0 Å². The number of ether oxygens (including phenoxy) is 1. The highest BCUT2D eigenvalue weighted by Gasteiger charge is 2.33. The summed E-state index contributed by atoms with van der Waals surface area (Å²) in [5.74, 6) is 0.0705. The van der Waals surface area contributed by atoms with Crippen molar-refractivity contribution in [2.45, 2.75) is 32.6 Å². The summed E-state index contributed by atoms with van der Waals surface area (Å²) in [6.45, 7) is 6.77. The van der Waals surface area contributed by atoms with Crippen LogP contribution in [0.25, 0.3) is 5.57 Å². The zero-order valence-corrected chi connectivity index (χ0v) is 17.5. The first-order valence-corrected chi connectivity index (χ1v) is 9.74. The van der Waals surface area contributed by atoms with Crippen LogP contribution in [0.2, 0.25) is 0 Å². The Morgan fingerprint density at radius 1 is 1.17 bits per heavy atom. The summed E-state index contributed by atoms with van der Waals surface area (Å²) >= 11 is 0. The molecule has 6 nitrogen and oxygen atoms in total. The predicted octanol–water partition coefficient (Wildman–Crippen LogP) is 3.94. The van der Waals surface area contributed by atoms with Crippen LogP contribution >= 0.6 is 0 Å². The van der Waals surface area contributed by atoms with Crippen LogP contribution in [-0.4, -0.2) is 36.8 Å². The Hall–Kier alpha value is -3.15. The van der Waals surface area contributed by atoms with Gasteiger partial charge in [-0.3, -0.25) is 4.79 Å². The normalized spacial score (nSPS) is 16.0. The van der Waals surface area contributed by atoms with Crippen molar-refractivity contribution in [2.75, 3.05) is 25.6 Å². The van der Waals surface area contributed by atoms with Gasteiger partial charge in [0.1, 0.15) is 17.2 Å². The number of benzene rings is 2. The van der Waals surface area contributed by atoms with Gasteiger partial charge in [-0.25, -0.2) is 0 Å². The van der Waals surface area contributed by atoms with Crippen LogP contribution in [0.1, 0.15) is 49.3 Å². The summed E-state index contributed by atoms with van der Waals surface area (Å²) in [7, 11) is 3.59. The van der Waals surface area contributed by atoms with Gasteiger partial charge in [0.05, 0.1) is 18.7 Å². The molecule has 0 spiro atoms. The molecule has 0 fully saturated rings. The number of carbonyl (C=O) groups is 1. The van der Waals surface area contributed by atoms with Crippen molar-refractivity contribution >= 4 is 17.2 Å². The Bertz CT molecular complexity index is 966. The Labute approximate surface area is 171 Å². The van der Waals surface area contributed by atoms with Crippen molar-refractivity contribution in [3.63, 3.8) is 0 Å². The number of carbonyl (C=O) groups excluding carboxylic acids is 1. The Morgan fingerprint density at radius 3 is 2.52 bits per heavy atom. The van der Waals surface area contributed by atoms with E-state index >= 15 is 0 Å². The van der Waals surface area contributed by atoms with E-state index in [0.29, 0.717) is 11.1 Å². The highest BCUT2D eigenvalue weighted by Crippen LogP contribution is 2.44. The van der Waals surface area contributed by atoms with E-state index in [0.717, 1.165) is 29.1 Å². The van der Waals surface area contributed by atoms with E-state index in [1.54, 1.807) is 19.4 Å². The lowest BCUT2D eigenvalue weighted by atomic mass is 9.86. The lowest BCUT2D eigenvalue weighted by Gasteiger charge is -2.23. The number of nitrogens with zero attached hydrogens (tertiary/aromatic N) is 1. The summed E-state index contributed by atoms with van der Waals surface area (Å²) in [5, 5.41) is 23.4. The molecule has 29 heavy (non-hydrogen) atoms. The molecule has 2 aromatic carbocycles. The highest BCUT2D eigenvalue weighted by atomic mass is 16.5. The summed E-state index contributed by atoms with van der Waals surface area (Å²) in [6.07, 6.45) is 1.64. The van der Waals surface area contributed by atoms with E-state index in [2.05, 4.69) is 5.32 Å². The lowest BCUT2D eigenvalue weighted by molar-refractivity contribution is -0.119. The van der Waals surface area contributed by atoms with E-state index < -0.39 is 5.92 Å². The molecule has 0 saturated carbocycles. The van der Waals surface area contributed by atoms with E-state index in [4.69, 9.17) is 4.74 Å². The summed E-state index contributed by atoms with van der Waals surface area (Å²) in [6, 6.07) is 8.78. The van der Waals surface area contributed by atoms with Gasteiger partial charge in [-0.1, -0.05) is 19.9 Å². The minimum atomic E-state index is -0.569. The van der Waals surface area contributed by atoms with Gasteiger partial charge in [-0.2, -0.15) is 0 Å². The summed E-state index contributed by atoms with van der Waals surface area (Å²) < 4.78 is 5.47. The SMILES string of the molecule is CCN(C)c1cc(C2C(=O)NC=C2c2cc(C(C)C)c(O)cc2O)ccc1OC. The average Bonchev–Trinajstić information content (AvgIpc) is 3.07. The second-order valence-corrected chi connectivity index (χ2v) is 7.57. The number of amides is 1. The molecule has 0 saturated heterocycles. The molecule has 1 unspecified atom stereocenters. The number of nitrogens with one attached hydrogen (secondary N) is 1. The maximum atomic E-state index is 12.7. The minimum absolute atomic E-state index is 0.0481. The second-order valence-electron chi connectivity index (χ2n) is 7.57. The number of hydrogen-bond acceptors (Lipinski definition) is 5. The first-order valence-electron chi connectivity index (χ1n) is 9.74. The standard InChI is InChI=1S/C23H28N2O4/c1-6-25(4)18-9-14(7-8-21(18)29-5)22-17(12-24-23(22)28)16-10-15(13(2)3)19(26)11-20(16)27/h7-13,22,26-27H,6H2,1-5H3,(H,24,28). The molecule has 0 radical (unpaired) electrons. The highest BCUT2D eigenvalue weighted by molar-refractivity contribution is 6.03. The third-order valence-corrected chi connectivity index (χ3v) is 5.44. The molecule has 1 aliphatic heterocycles. The van der Waals surface area contributed by atoms with Crippen LogP contribution in [0.3, 0.4) is 0 Å². The third-order valence-electron chi connectivity index (χ3n) is 5.44. The number of phenolic OH excluding ortho intramolecular Hbond substituents is 2. The Balaban J connectivity index is 2.10. The lowest BCUT2D eigenvalue weighted by Crippen LogP contribution is -2.20. The van der Waals surface area contributed by atoms with Crippen LogP contribution in [0.5, 0.6) is 17.2 Å². The van der Waals surface area contributed by atoms with E-state index in [1.165, 1.54) is 6.07 Å². The number of rotatable bonds is 6. The average molecular weight is 396 g/mol. The quantitative estimate of drug-likeness (QED) is 0.689. The fourth-order valence-electron chi connectivity index (χ4n) is 3.66. The van der Waals surface area contributed by atoms with Gasteiger partial charge < -0.3 is 25.2 Å². The second kappa shape index (κ2) is 8.07. The molecule has 3 N–H and O–H groups in total. The largest absolute Gasteiger partial charge is 0.508 e. The minimum Gasteiger partial charge on any atom is -0.508 e. The van der Waals surface area contributed by atoms with E-state index in [1.807, 2.05) is 50.9 Å². The molecule has 0 aromatic heterocycles. The molecule has 1 aliphatic rings. The molecule has 3 rings (SSSR count). The van der Waals surface area contributed by atoms with Crippen molar-refractivity contribution in [3.8, 4) is 17.2 Å². The molecule has 154 valence electrons. The van der Waals surface area contributed by atoms with Crippen LogP contribution in [-0.2, 0) is 4.79 Å². The maximum Gasteiger partial charge on any atom is 0.236 e. The number of hydrogen-bond donors (Lipinski definition) is 3. The Kier molecular flexibility index (Phi) is 5.73. The van der Waals surface area contributed by atoms with Gasteiger partial charge in [-0.15, -0.1) is 0 Å². The van der Waals surface area contributed by atoms with Gasteiger partial charge in [0.2, 0.25) is 5.91 Å². The Morgan fingerprint density at radius 2 is 1.90 bits per heavy atom. The third kappa shape index (κ3) is 3.75. The topological polar surface area (TPSA) is 82.0 Å². The van der Waals surface area contributed by atoms with Crippen molar-refractivity contribution in [1.82, 2.24) is 5.32 Å². The fraction of sp³-hybridized carbons (Fsp3) is 0.348. The molecular formula is C23H28N2O4. The van der Waals surface area contributed by atoms with Crippen LogP contribution in [0, 0.1) is 0 Å². The van der Waals surface area contributed by atoms with Crippen molar-refractivity contribution in [2.24, 2.45) is 0 Å². The van der Waals surface area contributed by atoms with Gasteiger partial charge in [0.15, 0.2) is 0 Å². The number of methoxy groups -OCH3 is 1. The summed E-state index contributed by atoms with van der Waals surface area (Å²) in [5.41, 5.74) is 3.63.